The Morgan fingerprint density at radius 2 is 1.72 bits per heavy atom. The Morgan fingerprint density at radius 1 is 1.06 bits per heavy atom. The Hall–Kier alpha value is -2.81. The minimum atomic E-state index is -0.505. The number of thiazole rings is 1. The Balaban J connectivity index is 1.58. The molecule has 2 amide bonds. The molecule has 0 saturated heterocycles. The molecule has 3 rings (SSSR count). The number of hydrogen-bond acceptors (Lipinski definition) is 7. The number of hydrogen-bond donors (Lipinski definition) is 3. The van der Waals surface area contributed by atoms with Crippen molar-refractivity contribution in [3.05, 3.63) is 29.4 Å². The zero-order valence-electron chi connectivity index (χ0n) is 19.0. The lowest BCUT2D eigenvalue weighted by atomic mass is 9.86. The van der Waals surface area contributed by atoms with Crippen molar-refractivity contribution in [3.8, 4) is 10.4 Å². The van der Waals surface area contributed by atoms with E-state index in [-0.39, 0.29) is 24.3 Å². The molecule has 2 aromatic rings. The SMILES string of the molecule is CC(C)OC(=O)Nc1ccc(-c2cnc(C3CCC(NC(=O)OC(C)C)CC3)s2)c(N)c1. The molecule has 0 atom stereocenters. The van der Waals surface area contributed by atoms with Gasteiger partial charge in [0.1, 0.15) is 0 Å². The minimum Gasteiger partial charge on any atom is -0.447 e. The van der Waals surface area contributed by atoms with E-state index in [1.807, 2.05) is 26.1 Å². The molecule has 0 spiro atoms. The first-order chi connectivity index (χ1) is 15.2. The summed E-state index contributed by atoms with van der Waals surface area (Å²) < 4.78 is 10.3. The number of carbonyl (C=O) groups is 2. The number of rotatable bonds is 6. The molecule has 1 aliphatic carbocycles. The van der Waals surface area contributed by atoms with E-state index in [1.54, 1.807) is 37.3 Å². The molecular formula is C23H32N4O4S. The molecular weight excluding hydrogens is 428 g/mol. The zero-order valence-corrected chi connectivity index (χ0v) is 19.8. The molecule has 32 heavy (non-hydrogen) atoms. The molecule has 4 N–H and O–H groups in total. The smallest absolute Gasteiger partial charge is 0.411 e. The molecule has 9 heteroatoms. The van der Waals surface area contributed by atoms with E-state index in [0.29, 0.717) is 17.3 Å². The summed E-state index contributed by atoms with van der Waals surface area (Å²) in [5.74, 6) is 0.376. The van der Waals surface area contributed by atoms with Crippen LogP contribution in [0.3, 0.4) is 0 Å². The Morgan fingerprint density at radius 3 is 2.34 bits per heavy atom. The van der Waals surface area contributed by atoms with Crippen LogP contribution in [-0.2, 0) is 9.47 Å². The third kappa shape index (κ3) is 6.59. The quantitative estimate of drug-likeness (QED) is 0.490. The van der Waals surface area contributed by atoms with Crippen LogP contribution < -0.4 is 16.4 Å². The monoisotopic (exact) mass is 460 g/mol. The highest BCUT2D eigenvalue weighted by Gasteiger charge is 2.26. The van der Waals surface area contributed by atoms with E-state index in [4.69, 9.17) is 15.2 Å². The predicted octanol–water partition coefficient (Wildman–Crippen LogP) is 5.51. The Kier molecular flexibility index (Phi) is 7.95. The van der Waals surface area contributed by atoms with Crippen LogP contribution in [0.4, 0.5) is 21.0 Å². The lowest BCUT2D eigenvalue weighted by molar-refractivity contribution is 0.109. The molecule has 1 aromatic carbocycles. The normalized spacial score (nSPS) is 18.4. The molecule has 0 aliphatic heterocycles. The van der Waals surface area contributed by atoms with Crippen LogP contribution in [0.15, 0.2) is 24.4 Å². The van der Waals surface area contributed by atoms with Gasteiger partial charge < -0.3 is 20.5 Å². The van der Waals surface area contributed by atoms with Gasteiger partial charge in [-0.25, -0.2) is 14.6 Å². The number of nitrogens with zero attached hydrogens (tertiary/aromatic N) is 1. The average Bonchev–Trinajstić information content (AvgIpc) is 3.17. The molecule has 8 nitrogen and oxygen atoms in total. The topological polar surface area (TPSA) is 116 Å². The standard InChI is InChI=1S/C23H32N4O4S/c1-13(2)30-22(28)26-16-7-5-15(6-8-16)21-25-12-20(32-21)18-10-9-17(11-19(18)24)27-23(29)31-14(3)4/h9-16H,5-8,24H2,1-4H3,(H,26,28)(H,27,29). The number of benzene rings is 1. The second kappa shape index (κ2) is 10.7. The Labute approximate surface area is 192 Å². The first-order valence-corrected chi connectivity index (χ1v) is 11.8. The van der Waals surface area contributed by atoms with Gasteiger partial charge in [-0.15, -0.1) is 11.3 Å². The van der Waals surface area contributed by atoms with Gasteiger partial charge >= 0.3 is 12.2 Å². The summed E-state index contributed by atoms with van der Waals surface area (Å²) in [7, 11) is 0. The maximum Gasteiger partial charge on any atom is 0.411 e. The van der Waals surface area contributed by atoms with Crippen molar-refractivity contribution in [2.45, 2.75) is 77.5 Å². The molecule has 0 bridgehead atoms. The fourth-order valence-electron chi connectivity index (χ4n) is 3.73. The average molecular weight is 461 g/mol. The van der Waals surface area contributed by atoms with Gasteiger partial charge in [-0.3, -0.25) is 5.32 Å². The number of ether oxygens (including phenoxy) is 2. The minimum absolute atomic E-state index is 0.119. The van der Waals surface area contributed by atoms with Crippen LogP contribution in [0, 0.1) is 0 Å². The van der Waals surface area contributed by atoms with E-state index in [9.17, 15) is 9.59 Å². The van der Waals surface area contributed by atoms with Crippen molar-refractivity contribution < 1.29 is 19.1 Å². The van der Waals surface area contributed by atoms with Crippen molar-refractivity contribution in [3.63, 3.8) is 0 Å². The molecule has 1 aliphatic rings. The largest absolute Gasteiger partial charge is 0.447 e. The number of carbonyl (C=O) groups excluding carboxylic acids is 2. The second-order valence-electron chi connectivity index (χ2n) is 8.59. The van der Waals surface area contributed by atoms with Crippen molar-refractivity contribution in [1.82, 2.24) is 10.3 Å². The van der Waals surface area contributed by atoms with Crippen LogP contribution in [0.5, 0.6) is 0 Å². The molecule has 1 aromatic heterocycles. The van der Waals surface area contributed by atoms with Crippen molar-refractivity contribution in [2.75, 3.05) is 11.1 Å². The summed E-state index contributed by atoms with van der Waals surface area (Å²) in [5, 5.41) is 6.73. The van der Waals surface area contributed by atoms with Gasteiger partial charge in [0.2, 0.25) is 0 Å². The maximum absolute atomic E-state index is 11.8. The molecule has 1 saturated carbocycles. The van der Waals surface area contributed by atoms with Crippen LogP contribution in [0.25, 0.3) is 10.4 Å². The maximum atomic E-state index is 11.8. The number of alkyl carbamates (subject to hydrolysis) is 1. The van der Waals surface area contributed by atoms with Gasteiger partial charge in [-0.05, 0) is 71.6 Å². The molecule has 0 radical (unpaired) electrons. The number of aromatic nitrogens is 1. The second-order valence-corrected chi connectivity index (χ2v) is 9.65. The van der Waals surface area contributed by atoms with E-state index >= 15 is 0 Å². The van der Waals surface area contributed by atoms with Gasteiger partial charge in [0.15, 0.2) is 0 Å². The first kappa shape index (κ1) is 23.8. The van der Waals surface area contributed by atoms with Gasteiger partial charge in [-0.2, -0.15) is 0 Å². The van der Waals surface area contributed by atoms with Crippen molar-refractivity contribution in [2.24, 2.45) is 0 Å². The summed E-state index contributed by atoms with van der Waals surface area (Å²) in [4.78, 5) is 29.2. The summed E-state index contributed by atoms with van der Waals surface area (Å²) in [5.41, 5.74) is 8.30. The fourth-order valence-corrected chi connectivity index (χ4v) is 4.86. The third-order valence-corrected chi connectivity index (χ3v) is 6.36. The van der Waals surface area contributed by atoms with E-state index in [1.165, 1.54) is 0 Å². The molecule has 1 fully saturated rings. The van der Waals surface area contributed by atoms with Crippen molar-refractivity contribution >= 4 is 34.9 Å². The lowest BCUT2D eigenvalue weighted by Gasteiger charge is -2.28. The van der Waals surface area contributed by atoms with Gasteiger partial charge in [0, 0.05) is 35.1 Å². The molecule has 1 heterocycles. The van der Waals surface area contributed by atoms with E-state index in [2.05, 4.69) is 15.6 Å². The summed E-state index contributed by atoms with van der Waals surface area (Å²) in [6.07, 6.45) is 4.44. The number of nitrogen functional groups attached to an aromatic ring is 1. The van der Waals surface area contributed by atoms with E-state index < -0.39 is 6.09 Å². The summed E-state index contributed by atoms with van der Waals surface area (Å²) >= 11 is 1.64. The highest BCUT2D eigenvalue weighted by Crippen LogP contribution is 2.39. The molecule has 174 valence electrons. The van der Waals surface area contributed by atoms with Crippen LogP contribution >= 0.6 is 11.3 Å². The van der Waals surface area contributed by atoms with E-state index in [0.717, 1.165) is 41.1 Å². The highest BCUT2D eigenvalue weighted by atomic mass is 32.1. The third-order valence-electron chi connectivity index (χ3n) is 5.17. The Bertz CT molecular complexity index is 936. The van der Waals surface area contributed by atoms with Gasteiger partial charge in [0.25, 0.3) is 0 Å². The van der Waals surface area contributed by atoms with Gasteiger partial charge in [0.05, 0.1) is 22.1 Å². The molecule has 0 unspecified atom stereocenters. The van der Waals surface area contributed by atoms with Crippen LogP contribution in [0.1, 0.15) is 64.3 Å². The predicted molar refractivity (Wildman–Crippen MR) is 127 cm³/mol. The highest BCUT2D eigenvalue weighted by molar-refractivity contribution is 7.15. The number of nitrogens with two attached hydrogens (primary N) is 1. The number of nitrogens with one attached hydrogen (secondary N) is 2. The van der Waals surface area contributed by atoms with Crippen LogP contribution in [-0.4, -0.2) is 35.4 Å². The summed E-state index contributed by atoms with van der Waals surface area (Å²) in [6.45, 7) is 7.27. The van der Waals surface area contributed by atoms with Crippen LogP contribution in [0.2, 0.25) is 0 Å². The zero-order chi connectivity index (χ0) is 23.3. The lowest BCUT2D eigenvalue weighted by Crippen LogP contribution is -2.38. The van der Waals surface area contributed by atoms with Gasteiger partial charge in [-0.1, -0.05) is 0 Å². The number of amides is 2. The van der Waals surface area contributed by atoms with Crippen molar-refractivity contribution in [1.29, 1.82) is 0 Å². The first-order valence-electron chi connectivity index (χ1n) is 11.0. The fraction of sp³-hybridized carbons (Fsp3) is 0.522. The summed E-state index contributed by atoms with van der Waals surface area (Å²) in [6, 6.07) is 5.57. The number of anilines is 2.